The van der Waals surface area contributed by atoms with E-state index in [4.69, 9.17) is 18.6 Å². The van der Waals surface area contributed by atoms with E-state index in [1.54, 1.807) is 44.4 Å². The Bertz CT molecular complexity index is 1070. The minimum absolute atomic E-state index is 0.107. The Kier molecular flexibility index (Phi) is 5.42. The fourth-order valence-electron chi connectivity index (χ4n) is 3.41. The fraction of sp³-hybridized carbons (Fsp3) is 0.318. The minimum atomic E-state index is -0.275. The summed E-state index contributed by atoms with van der Waals surface area (Å²) in [5.41, 5.74) is 0.712. The van der Waals surface area contributed by atoms with Crippen LogP contribution in [0.15, 0.2) is 45.6 Å². The molecule has 1 aromatic heterocycles. The Hall–Kier alpha value is -3.03. The Morgan fingerprint density at radius 1 is 1.07 bits per heavy atom. The zero-order chi connectivity index (χ0) is 20.4. The van der Waals surface area contributed by atoms with Crippen molar-refractivity contribution in [2.24, 2.45) is 0 Å². The molecule has 0 amide bonds. The standard InChI is InChI=1S/C22H23NO6/c1-14-21(29-16-5-3-15(26-2)4-6-16)20(25)17-7-8-19(24)18(22(17)28-14)13-23-9-11-27-12-10-23/h3-8,24H,9-13H2,1-2H3. The molecule has 2 heterocycles. The minimum Gasteiger partial charge on any atom is -0.507 e. The molecule has 0 radical (unpaired) electrons. The molecule has 29 heavy (non-hydrogen) atoms. The summed E-state index contributed by atoms with van der Waals surface area (Å²) < 4.78 is 22.3. The second kappa shape index (κ2) is 8.14. The third kappa shape index (κ3) is 3.92. The van der Waals surface area contributed by atoms with Crippen LogP contribution in [0.3, 0.4) is 0 Å². The van der Waals surface area contributed by atoms with E-state index in [2.05, 4.69) is 4.90 Å². The number of phenols is 1. The second-order valence-electron chi connectivity index (χ2n) is 6.92. The number of methoxy groups -OCH3 is 1. The molecule has 1 N–H and O–H groups in total. The molecular weight excluding hydrogens is 374 g/mol. The summed E-state index contributed by atoms with van der Waals surface area (Å²) >= 11 is 0. The molecule has 0 aliphatic carbocycles. The summed E-state index contributed by atoms with van der Waals surface area (Å²) in [6.07, 6.45) is 0. The van der Waals surface area contributed by atoms with Gasteiger partial charge in [0.1, 0.15) is 28.6 Å². The van der Waals surface area contributed by atoms with Crippen molar-refractivity contribution in [1.82, 2.24) is 4.90 Å². The van der Waals surface area contributed by atoms with Crippen molar-refractivity contribution in [3.8, 4) is 23.0 Å². The van der Waals surface area contributed by atoms with E-state index in [1.165, 1.54) is 6.07 Å². The topological polar surface area (TPSA) is 81.4 Å². The first-order valence-corrected chi connectivity index (χ1v) is 9.47. The van der Waals surface area contributed by atoms with Gasteiger partial charge in [0.2, 0.25) is 11.2 Å². The van der Waals surface area contributed by atoms with Gasteiger partial charge in [0.15, 0.2) is 0 Å². The van der Waals surface area contributed by atoms with Crippen LogP contribution in [0.1, 0.15) is 11.3 Å². The molecule has 4 rings (SSSR count). The van der Waals surface area contributed by atoms with Gasteiger partial charge in [-0.05, 0) is 43.3 Å². The predicted octanol–water partition coefficient (Wildman–Crippen LogP) is 3.44. The number of aryl methyl sites for hydroxylation is 1. The van der Waals surface area contributed by atoms with Crippen LogP contribution < -0.4 is 14.9 Å². The Labute approximate surface area is 168 Å². The number of rotatable bonds is 5. The molecule has 1 saturated heterocycles. The molecule has 152 valence electrons. The molecule has 2 aromatic carbocycles. The number of nitrogens with zero attached hydrogens (tertiary/aromatic N) is 1. The van der Waals surface area contributed by atoms with Gasteiger partial charge in [0, 0.05) is 19.6 Å². The largest absolute Gasteiger partial charge is 0.507 e. The maximum atomic E-state index is 13.1. The van der Waals surface area contributed by atoms with E-state index in [0.717, 1.165) is 13.1 Å². The van der Waals surface area contributed by atoms with Crippen molar-refractivity contribution in [3.63, 3.8) is 0 Å². The van der Waals surface area contributed by atoms with Crippen molar-refractivity contribution < 1.29 is 23.7 Å². The second-order valence-corrected chi connectivity index (χ2v) is 6.92. The van der Waals surface area contributed by atoms with Crippen molar-refractivity contribution in [2.45, 2.75) is 13.5 Å². The number of hydrogen-bond donors (Lipinski definition) is 1. The van der Waals surface area contributed by atoms with Crippen LogP contribution in [0.5, 0.6) is 23.0 Å². The Balaban J connectivity index is 1.72. The monoisotopic (exact) mass is 397 g/mol. The van der Waals surface area contributed by atoms with Gasteiger partial charge in [0.05, 0.1) is 31.3 Å². The summed E-state index contributed by atoms with van der Waals surface area (Å²) in [6, 6.07) is 10.1. The molecule has 7 nitrogen and oxygen atoms in total. The molecule has 7 heteroatoms. The highest BCUT2D eigenvalue weighted by atomic mass is 16.5. The van der Waals surface area contributed by atoms with Gasteiger partial charge in [-0.25, -0.2) is 0 Å². The zero-order valence-electron chi connectivity index (χ0n) is 16.4. The highest BCUT2D eigenvalue weighted by molar-refractivity contribution is 5.83. The van der Waals surface area contributed by atoms with Crippen LogP contribution in [-0.2, 0) is 11.3 Å². The highest BCUT2D eigenvalue weighted by Crippen LogP contribution is 2.32. The number of benzene rings is 2. The summed E-state index contributed by atoms with van der Waals surface area (Å²) in [7, 11) is 1.59. The summed E-state index contributed by atoms with van der Waals surface area (Å²) in [5.74, 6) is 1.80. The maximum absolute atomic E-state index is 13.1. The van der Waals surface area contributed by atoms with Crippen molar-refractivity contribution in [2.75, 3.05) is 33.4 Å². The first-order valence-electron chi connectivity index (χ1n) is 9.47. The molecule has 0 saturated carbocycles. The number of ether oxygens (including phenoxy) is 3. The first-order chi connectivity index (χ1) is 14.1. The lowest BCUT2D eigenvalue weighted by atomic mass is 10.1. The van der Waals surface area contributed by atoms with E-state index < -0.39 is 0 Å². The van der Waals surface area contributed by atoms with Crippen molar-refractivity contribution in [3.05, 3.63) is 57.9 Å². The van der Waals surface area contributed by atoms with E-state index in [1.807, 2.05) is 0 Å². The van der Waals surface area contributed by atoms with E-state index >= 15 is 0 Å². The van der Waals surface area contributed by atoms with E-state index in [9.17, 15) is 9.90 Å². The van der Waals surface area contributed by atoms with Crippen molar-refractivity contribution >= 4 is 11.0 Å². The third-order valence-electron chi connectivity index (χ3n) is 5.03. The molecule has 0 atom stereocenters. The average molecular weight is 397 g/mol. The molecule has 3 aromatic rings. The lowest BCUT2D eigenvalue weighted by molar-refractivity contribution is 0.0339. The van der Waals surface area contributed by atoms with Crippen LogP contribution in [0.25, 0.3) is 11.0 Å². The molecule has 0 unspecified atom stereocenters. The molecule has 0 spiro atoms. The predicted molar refractivity (Wildman–Crippen MR) is 108 cm³/mol. The van der Waals surface area contributed by atoms with Crippen LogP contribution in [-0.4, -0.2) is 43.4 Å². The van der Waals surface area contributed by atoms with Crippen LogP contribution in [0, 0.1) is 6.92 Å². The van der Waals surface area contributed by atoms with Gasteiger partial charge in [-0.2, -0.15) is 0 Å². The van der Waals surface area contributed by atoms with Crippen molar-refractivity contribution in [1.29, 1.82) is 0 Å². The fourth-order valence-corrected chi connectivity index (χ4v) is 3.41. The molecule has 1 fully saturated rings. The van der Waals surface area contributed by atoms with Gasteiger partial charge in [-0.15, -0.1) is 0 Å². The van der Waals surface area contributed by atoms with Crippen LogP contribution in [0.2, 0.25) is 0 Å². The zero-order valence-corrected chi connectivity index (χ0v) is 16.4. The van der Waals surface area contributed by atoms with Gasteiger partial charge >= 0.3 is 0 Å². The lowest BCUT2D eigenvalue weighted by Gasteiger charge is -2.27. The number of fused-ring (bicyclic) bond motifs is 1. The van der Waals surface area contributed by atoms with Gasteiger partial charge in [0.25, 0.3) is 0 Å². The highest BCUT2D eigenvalue weighted by Gasteiger charge is 2.21. The quantitative estimate of drug-likeness (QED) is 0.706. The van der Waals surface area contributed by atoms with Crippen LogP contribution >= 0.6 is 0 Å². The third-order valence-corrected chi connectivity index (χ3v) is 5.03. The normalized spacial score (nSPS) is 14.8. The van der Waals surface area contributed by atoms with E-state index in [-0.39, 0.29) is 16.9 Å². The number of phenolic OH excluding ortho intramolecular Hbond substituents is 1. The van der Waals surface area contributed by atoms with Crippen LogP contribution in [0.4, 0.5) is 0 Å². The number of morpholine rings is 1. The van der Waals surface area contributed by atoms with E-state index in [0.29, 0.717) is 53.6 Å². The smallest absolute Gasteiger partial charge is 0.235 e. The Morgan fingerprint density at radius 2 is 1.76 bits per heavy atom. The summed E-state index contributed by atoms with van der Waals surface area (Å²) in [5, 5.41) is 10.8. The van der Waals surface area contributed by atoms with Gasteiger partial charge in [-0.1, -0.05) is 0 Å². The average Bonchev–Trinajstić information content (AvgIpc) is 2.74. The van der Waals surface area contributed by atoms with Gasteiger partial charge in [-0.3, -0.25) is 9.69 Å². The summed E-state index contributed by atoms with van der Waals surface area (Å²) in [6.45, 7) is 4.98. The summed E-state index contributed by atoms with van der Waals surface area (Å²) in [4.78, 5) is 15.3. The van der Waals surface area contributed by atoms with Gasteiger partial charge < -0.3 is 23.7 Å². The molecule has 0 bridgehead atoms. The maximum Gasteiger partial charge on any atom is 0.235 e. The Morgan fingerprint density at radius 3 is 2.45 bits per heavy atom. The number of hydrogen-bond acceptors (Lipinski definition) is 7. The SMILES string of the molecule is COc1ccc(Oc2c(C)oc3c(CN4CCOCC4)c(O)ccc3c2=O)cc1. The lowest BCUT2D eigenvalue weighted by Crippen LogP contribution is -2.35. The molecular formula is C22H23NO6. The molecule has 1 aliphatic rings. The molecule has 1 aliphatic heterocycles. The number of aromatic hydroxyl groups is 1. The first kappa shape index (κ1) is 19.3.